The van der Waals surface area contributed by atoms with Crippen LogP contribution in [0.15, 0.2) is 47.6 Å². The summed E-state index contributed by atoms with van der Waals surface area (Å²) in [6.07, 6.45) is 0. The Balaban J connectivity index is 1.72. The summed E-state index contributed by atoms with van der Waals surface area (Å²) in [5, 5.41) is 4.13. The number of hydrogen-bond donors (Lipinski definition) is 1. The second kappa shape index (κ2) is 6.39. The lowest BCUT2D eigenvalue weighted by Gasteiger charge is -2.05. The molecule has 0 bridgehead atoms. The third-order valence-corrected chi connectivity index (χ3v) is 3.45. The molecule has 2 aromatic carbocycles. The van der Waals surface area contributed by atoms with Crippen LogP contribution in [0.25, 0.3) is 0 Å². The number of amides is 1. The zero-order valence-electron chi connectivity index (χ0n) is 12.8. The van der Waals surface area contributed by atoms with Gasteiger partial charge < -0.3 is 14.2 Å². The molecule has 1 aliphatic heterocycles. The average Bonchev–Trinajstić information content (AvgIpc) is 3.07. The minimum atomic E-state index is -0.314. The van der Waals surface area contributed by atoms with Gasteiger partial charge in [-0.1, -0.05) is 12.1 Å². The molecule has 6 nitrogen and oxygen atoms in total. The highest BCUT2D eigenvalue weighted by Gasteiger charge is 2.16. The standard InChI is InChI=1S/C17H16N2O4/c1-11(12-4-3-5-14(8-12)21-2)18-19-17(20)13-6-7-15-16(9-13)23-10-22-15/h3-9H,10H2,1-2H3,(H,19,20). The van der Waals surface area contributed by atoms with Crippen molar-refractivity contribution >= 4 is 11.6 Å². The fourth-order valence-electron chi connectivity index (χ4n) is 2.15. The lowest BCUT2D eigenvalue weighted by molar-refractivity contribution is 0.0954. The number of rotatable bonds is 4. The molecule has 0 saturated heterocycles. The first kappa shape index (κ1) is 14.9. The Kier molecular flexibility index (Phi) is 4.14. The Bertz CT molecular complexity index is 771. The van der Waals surface area contributed by atoms with Crippen LogP contribution in [0.1, 0.15) is 22.8 Å². The number of hydrazone groups is 1. The molecule has 0 spiro atoms. The molecule has 1 heterocycles. The Labute approximate surface area is 133 Å². The number of nitrogens with zero attached hydrogens (tertiary/aromatic N) is 1. The van der Waals surface area contributed by atoms with Crippen molar-refractivity contribution in [1.29, 1.82) is 0 Å². The van der Waals surface area contributed by atoms with Gasteiger partial charge in [0.25, 0.3) is 5.91 Å². The van der Waals surface area contributed by atoms with E-state index in [1.807, 2.05) is 31.2 Å². The number of methoxy groups -OCH3 is 1. The molecule has 0 aromatic heterocycles. The van der Waals surface area contributed by atoms with Crippen LogP contribution in [-0.2, 0) is 0 Å². The summed E-state index contributed by atoms with van der Waals surface area (Å²) >= 11 is 0. The monoisotopic (exact) mass is 312 g/mol. The van der Waals surface area contributed by atoms with E-state index in [-0.39, 0.29) is 12.7 Å². The van der Waals surface area contributed by atoms with Gasteiger partial charge >= 0.3 is 0 Å². The van der Waals surface area contributed by atoms with Gasteiger partial charge in [0.15, 0.2) is 11.5 Å². The smallest absolute Gasteiger partial charge is 0.271 e. The average molecular weight is 312 g/mol. The molecular formula is C17H16N2O4. The van der Waals surface area contributed by atoms with E-state index in [0.717, 1.165) is 11.3 Å². The largest absolute Gasteiger partial charge is 0.497 e. The predicted molar refractivity (Wildman–Crippen MR) is 85.2 cm³/mol. The molecule has 1 aliphatic rings. The summed E-state index contributed by atoms with van der Waals surface area (Å²) in [6, 6.07) is 12.5. The zero-order chi connectivity index (χ0) is 16.2. The van der Waals surface area contributed by atoms with Crippen LogP contribution in [0.4, 0.5) is 0 Å². The van der Waals surface area contributed by atoms with Gasteiger partial charge in [-0.05, 0) is 37.3 Å². The maximum Gasteiger partial charge on any atom is 0.271 e. The molecule has 1 amide bonds. The summed E-state index contributed by atoms with van der Waals surface area (Å²) < 4.78 is 15.6. The van der Waals surface area contributed by atoms with Gasteiger partial charge in [-0.25, -0.2) is 5.43 Å². The molecule has 0 fully saturated rings. The third-order valence-electron chi connectivity index (χ3n) is 3.45. The minimum absolute atomic E-state index is 0.174. The van der Waals surface area contributed by atoms with Crippen molar-refractivity contribution in [1.82, 2.24) is 5.43 Å². The zero-order valence-corrected chi connectivity index (χ0v) is 12.8. The number of benzene rings is 2. The first-order valence-corrected chi connectivity index (χ1v) is 7.06. The van der Waals surface area contributed by atoms with Crippen LogP contribution in [0.2, 0.25) is 0 Å². The van der Waals surface area contributed by atoms with Crippen molar-refractivity contribution < 1.29 is 19.0 Å². The molecule has 23 heavy (non-hydrogen) atoms. The number of carbonyl (C=O) groups excluding carboxylic acids is 1. The van der Waals surface area contributed by atoms with Crippen LogP contribution in [0.5, 0.6) is 17.2 Å². The lowest BCUT2D eigenvalue weighted by atomic mass is 10.1. The summed E-state index contributed by atoms with van der Waals surface area (Å²) in [4.78, 5) is 12.2. The molecule has 0 saturated carbocycles. The van der Waals surface area contributed by atoms with E-state index in [1.165, 1.54) is 0 Å². The second-order valence-corrected chi connectivity index (χ2v) is 4.94. The van der Waals surface area contributed by atoms with E-state index in [9.17, 15) is 4.79 Å². The van der Waals surface area contributed by atoms with Gasteiger partial charge in [-0.15, -0.1) is 0 Å². The highest BCUT2D eigenvalue weighted by molar-refractivity contribution is 6.01. The van der Waals surface area contributed by atoms with Crippen molar-refractivity contribution in [2.45, 2.75) is 6.92 Å². The number of ether oxygens (including phenoxy) is 3. The normalized spacial score (nSPS) is 12.9. The third kappa shape index (κ3) is 3.26. The van der Waals surface area contributed by atoms with Crippen molar-refractivity contribution in [3.05, 3.63) is 53.6 Å². The van der Waals surface area contributed by atoms with Gasteiger partial charge in [-0.2, -0.15) is 5.10 Å². The fourth-order valence-corrected chi connectivity index (χ4v) is 2.15. The van der Waals surface area contributed by atoms with Crippen LogP contribution in [0, 0.1) is 0 Å². The predicted octanol–water partition coefficient (Wildman–Crippen LogP) is 2.58. The van der Waals surface area contributed by atoms with Crippen LogP contribution in [-0.4, -0.2) is 25.5 Å². The molecule has 0 atom stereocenters. The molecule has 0 radical (unpaired) electrons. The van der Waals surface area contributed by atoms with E-state index in [4.69, 9.17) is 14.2 Å². The number of nitrogens with one attached hydrogen (secondary N) is 1. The molecule has 0 unspecified atom stereocenters. The van der Waals surface area contributed by atoms with Crippen LogP contribution >= 0.6 is 0 Å². The van der Waals surface area contributed by atoms with E-state index in [0.29, 0.717) is 22.8 Å². The maximum absolute atomic E-state index is 12.2. The van der Waals surface area contributed by atoms with Crippen molar-refractivity contribution in [2.24, 2.45) is 5.10 Å². The fraction of sp³-hybridized carbons (Fsp3) is 0.176. The quantitative estimate of drug-likeness (QED) is 0.696. The number of fused-ring (bicyclic) bond motifs is 1. The van der Waals surface area contributed by atoms with Crippen molar-refractivity contribution in [3.8, 4) is 17.2 Å². The van der Waals surface area contributed by atoms with E-state index >= 15 is 0 Å². The molecule has 0 aliphatic carbocycles. The Hall–Kier alpha value is -3.02. The molecule has 1 N–H and O–H groups in total. The van der Waals surface area contributed by atoms with E-state index in [1.54, 1.807) is 25.3 Å². The minimum Gasteiger partial charge on any atom is -0.497 e. The van der Waals surface area contributed by atoms with Gasteiger partial charge in [0.05, 0.1) is 12.8 Å². The summed E-state index contributed by atoms with van der Waals surface area (Å²) in [5.74, 6) is 1.62. The Morgan fingerprint density at radius 2 is 1.96 bits per heavy atom. The maximum atomic E-state index is 12.2. The van der Waals surface area contributed by atoms with Gasteiger partial charge in [0, 0.05) is 11.1 Å². The molecule has 3 rings (SSSR count). The summed E-state index contributed by atoms with van der Waals surface area (Å²) in [7, 11) is 1.60. The first-order valence-electron chi connectivity index (χ1n) is 7.06. The van der Waals surface area contributed by atoms with Gasteiger partial charge in [0.1, 0.15) is 5.75 Å². The molecule has 118 valence electrons. The highest BCUT2D eigenvalue weighted by atomic mass is 16.7. The Morgan fingerprint density at radius 3 is 2.78 bits per heavy atom. The van der Waals surface area contributed by atoms with Gasteiger partial charge in [0.2, 0.25) is 6.79 Å². The number of hydrogen-bond acceptors (Lipinski definition) is 5. The highest BCUT2D eigenvalue weighted by Crippen LogP contribution is 2.32. The van der Waals surface area contributed by atoms with E-state index in [2.05, 4.69) is 10.5 Å². The summed E-state index contributed by atoms with van der Waals surface area (Å²) in [5.41, 5.74) is 4.54. The van der Waals surface area contributed by atoms with Gasteiger partial charge in [-0.3, -0.25) is 4.79 Å². The van der Waals surface area contributed by atoms with Crippen molar-refractivity contribution in [3.63, 3.8) is 0 Å². The SMILES string of the molecule is COc1cccc(C(C)=NNC(=O)c2ccc3c(c2)OCO3)c1. The van der Waals surface area contributed by atoms with E-state index < -0.39 is 0 Å². The number of carbonyl (C=O) groups is 1. The van der Waals surface area contributed by atoms with Crippen LogP contribution in [0.3, 0.4) is 0 Å². The molecule has 6 heteroatoms. The van der Waals surface area contributed by atoms with Crippen LogP contribution < -0.4 is 19.6 Å². The second-order valence-electron chi connectivity index (χ2n) is 4.94. The topological polar surface area (TPSA) is 69.2 Å². The molecule has 2 aromatic rings. The first-order chi connectivity index (χ1) is 11.2. The molecular weight excluding hydrogens is 296 g/mol. The van der Waals surface area contributed by atoms with Crippen molar-refractivity contribution in [2.75, 3.05) is 13.9 Å². The lowest BCUT2D eigenvalue weighted by Crippen LogP contribution is -2.19. The summed E-state index contributed by atoms with van der Waals surface area (Å²) in [6.45, 7) is 1.99. The Morgan fingerprint density at radius 1 is 1.13 bits per heavy atom.